The Morgan fingerprint density at radius 3 is 2.81 bits per heavy atom. The highest BCUT2D eigenvalue weighted by Gasteiger charge is 2.19. The molecule has 1 amide bonds. The summed E-state index contributed by atoms with van der Waals surface area (Å²) in [7, 11) is 0. The number of fused-ring (bicyclic) bond motifs is 1. The van der Waals surface area contributed by atoms with E-state index in [2.05, 4.69) is 27.6 Å². The number of amides is 1. The maximum absolute atomic E-state index is 11.7. The summed E-state index contributed by atoms with van der Waals surface area (Å²) in [6.45, 7) is 0. The lowest BCUT2D eigenvalue weighted by atomic mass is 9.95. The van der Waals surface area contributed by atoms with Gasteiger partial charge in [0, 0.05) is 9.26 Å². The van der Waals surface area contributed by atoms with Gasteiger partial charge in [0.1, 0.15) is 11.3 Å². The van der Waals surface area contributed by atoms with Crippen molar-refractivity contribution in [1.82, 2.24) is 4.98 Å². The van der Waals surface area contributed by atoms with E-state index >= 15 is 0 Å². The van der Waals surface area contributed by atoms with Crippen LogP contribution in [0.1, 0.15) is 34.5 Å². The predicted octanol–water partition coefficient (Wildman–Crippen LogP) is 3.46. The van der Waals surface area contributed by atoms with Crippen LogP contribution in [0.2, 0.25) is 0 Å². The second kappa shape index (κ2) is 6.01. The number of ether oxygens (including phenoxy) is 1. The number of nitrogens with two attached hydrogens (primary N) is 1. The smallest absolute Gasteiger partial charge is 0.254 e. The van der Waals surface area contributed by atoms with E-state index in [0.29, 0.717) is 17.2 Å². The number of nitrogens with zero attached hydrogens (tertiary/aromatic N) is 1. The highest BCUT2D eigenvalue weighted by molar-refractivity contribution is 14.1. The molecule has 5 heteroatoms. The Hall–Kier alpha value is -1.63. The molecule has 1 aliphatic rings. The summed E-state index contributed by atoms with van der Waals surface area (Å²) in [4.78, 5) is 16.2. The average molecular weight is 394 g/mol. The molecule has 0 spiro atoms. The summed E-state index contributed by atoms with van der Waals surface area (Å²) < 4.78 is 6.86. The molecule has 0 aliphatic heterocycles. The zero-order chi connectivity index (χ0) is 14.8. The Kier molecular flexibility index (Phi) is 4.10. The number of primary amides is 1. The van der Waals surface area contributed by atoms with Gasteiger partial charge in [-0.05, 0) is 78.1 Å². The van der Waals surface area contributed by atoms with Crippen LogP contribution < -0.4 is 10.5 Å². The van der Waals surface area contributed by atoms with E-state index in [1.165, 1.54) is 0 Å². The lowest BCUT2D eigenvalue weighted by molar-refractivity contribution is 0.0997. The number of carbonyl (C=O) groups excluding carboxylic acids is 1. The summed E-state index contributed by atoms with van der Waals surface area (Å²) >= 11 is 2.21. The van der Waals surface area contributed by atoms with Gasteiger partial charge in [-0.2, -0.15) is 0 Å². The van der Waals surface area contributed by atoms with Crippen LogP contribution in [0.25, 0.3) is 0 Å². The predicted molar refractivity (Wildman–Crippen MR) is 88.6 cm³/mol. The minimum absolute atomic E-state index is 0.310. The number of benzene rings is 1. The summed E-state index contributed by atoms with van der Waals surface area (Å²) in [6.07, 6.45) is 4.13. The van der Waals surface area contributed by atoms with Crippen molar-refractivity contribution in [3.63, 3.8) is 0 Å². The second-order valence-electron chi connectivity index (χ2n) is 5.08. The molecule has 4 nitrogen and oxygen atoms in total. The van der Waals surface area contributed by atoms with E-state index in [-0.39, 0.29) is 0 Å². The van der Waals surface area contributed by atoms with Crippen LogP contribution in [0, 0.1) is 3.57 Å². The molecular formula is C16H15IN2O2. The first-order chi connectivity index (χ1) is 10.1. The van der Waals surface area contributed by atoms with Crippen molar-refractivity contribution >= 4 is 28.5 Å². The van der Waals surface area contributed by atoms with E-state index in [1.54, 1.807) is 0 Å². The molecular weight excluding hydrogens is 379 g/mol. The molecule has 0 saturated carbocycles. The maximum Gasteiger partial charge on any atom is 0.254 e. The fourth-order valence-corrected chi connectivity index (χ4v) is 3.03. The second-order valence-corrected chi connectivity index (χ2v) is 6.32. The minimum Gasteiger partial charge on any atom is -0.438 e. The van der Waals surface area contributed by atoms with Crippen molar-refractivity contribution in [3.05, 3.63) is 50.7 Å². The lowest BCUT2D eigenvalue weighted by Crippen LogP contribution is -2.16. The highest BCUT2D eigenvalue weighted by atomic mass is 127. The van der Waals surface area contributed by atoms with E-state index in [0.717, 1.165) is 40.5 Å². The maximum atomic E-state index is 11.7. The quantitative estimate of drug-likeness (QED) is 0.812. The van der Waals surface area contributed by atoms with Crippen LogP contribution in [0.15, 0.2) is 30.3 Å². The first-order valence-corrected chi connectivity index (χ1v) is 7.97. The SMILES string of the molecule is NC(=O)c1cc2c(nc1Oc1cccc(I)c1)CCCC2. The van der Waals surface area contributed by atoms with Gasteiger partial charge in [0.25, 0.3) is 5.91 Å². The monoisotopic (exact) mass is 394 g/mol. The largest absolute Gasteiger partial charge is 0.438 e. The van der Waals surface area contributed by atoms with E-state index in [1.807, 2.05) is 30.3 Å². The summed E-state index contributed by atoms with van der Waals surface area (Å²) in [6, 6.07) is 9.45. The van der Waals surface area contributed by atoms with Crippen LogP contribution in [0.4, 0.5) is 0 Å². The molecule has 0 unspecified atom stereocenters. The molecule has 2 aromatic rings. The van der Waals surface area contributed by atoms with Gasteiger partial charge in [-0.1, -0.05) is 6.07 Å². The third-order valence-corrected chi connectivity index (χ3v) is 4.21. The van der Waals surface area contributed by atoms with Gasteiger partial charge < -0.3 is 10.5 Å². The van der Waals surface area contributed by atoms with Crippen molar-refractivity contribution in [2.24, 2.45) is 5.73 Å². The number of carbonyl (C=O) groups is 1. The van der Waals surface area contributed by atoms with Gasteiger partial charge in [-0.15, -0.1) is 0 Å². The summed E-state index contributed by atoms with van der Waals surface area (Å²) in [5.74, 6) is 0.467. The molecule has 0 fully saturated rings. The topological polar surface area (TPSA) is 65.2 Å². The van der Waals surface area contributed by atoms with Crippen LogP contribution in [0.5, 0.6) is 11.6 Å². The van der Waals surface area contributed by atoms with Crippen LogP contribution in [-0.2, 0) is 12.8 Å². The van der Waals surface area contributed by atoms with E-state index in [9.17, 15) is 4.79 Å². The molecule has 3 rings (SSSR count). The molecule has 1 heterocycles. The Bertz CT molecular complexity index is 701. The number of pyridine rings is 1. The first kappa shape index (κ1) is 14.3. The van der Waals surface area contributed by atoms with Crippen LogP contribution in [0.3, 0.4) is 0 Å². The molecule has 108 valence electrons. The standard InChI is InChI=1S/C16H15IN2O2/c17-11-5-3-6-12(9-11)21-16-13(15(18)20)8-10-4-1-2-7-14(10)19-16/h3,5-6,8-9H,1-2,4,7H2,(H2,18,20). The summed E-state index contributed by atoms with van der Waals surface area (Å²) in [5.41, 5.74) is 7.96. The minimum atomic E-state index is -0.503. The molecule has 21 heavy (non-hydrogen) atoms. The molecule has 0 bridgehead atoms. The van der Waals surface area contributed by atoms with E-state index < -0.39 is 5.91 Å². The Morgan fingerprint density at radius 1 is 1.24 bits per heavy atom. The third-order valence-electron chi connectivity index (χ3n) is 3.54. The van der Waals surface area contributed by atoms with Crippen molar-refractivity contribution in [2.45, 2.75) is 25.7 Å². The number of aryl methyl sites for hydroxylation is 2. The average Bonchev–Trinajstić information content (AvgIpc) is 2.46. The molecule has 0 atom stereocenters. The van der Waals surface area contributed by atoms with Gasteiger partial charge in [-0.3, -0.25) is 4.79 Å². The van der Waals surface area contributed by atoms with Crippen molar-refractivity contribution in [1.29, 1.82) is 0 Å². The van der Waals surface area contributed by atoms with Gasteiger partial charge in [0.2, 0.25) is 5.88 Å². The molecule has 0 saturated heterocycles. The Morgan fingerprint density at radius 2 is 2.05 bits per heavy atom. The fraction of sp³-hybridized carbons (Fsp3) is 0.250. The van der Waals surface area contributed by atoms with Crippen LogP contribution >= 0.6 is 22.6 Å². The number of rotatable bonds is 3. The Balaban J connectivity index is 2.01. The molecule has 2 N–H and O–H groups in total. The lowest BCUT2D eigenvalue weighted by Gasteiger charge is -2.17. The zero-order valence-electron chi connectivity index (χ0n) is 11.4. The van der Waals surface area contributed by atoms with Gasteiger partial charge in [0.15, 0.2) is 0 Å². The molecule has 1 aromatic heterocycles. The molecule has 1 aromatic carbocycles. The van der Waals surface area contributed by atoms with Crippen molar-refractivity contribution in [3.8, 4) is 11.6 Å². The number of hydrogen-bond acceptors (Lipinski definition) is 3. The number of halogens is 1. The number of aromatic nitrogens is 1. The van der Waals surface area contributed by atoms with Gasteiger partial charge >= 0.3 is 0 Å². The number of hydrogen-bond donors (Lipinski definition) is 1. The van der Waals surface area contributed by atoms with Crippen LogP contribution in [-0.4, -0.2) is 10.9 Å². The van der Waals surface area contributed by atoms with E-state index in [4.69, 9.17) is 10.5 Å². The fourth-order valence-electron chi connectivity index (χ4n) is 2.51. The first-order valence-electron chi connectivity index (χ1n) is 6.89. The van der Waals surface area contributed by atoms with Gasteiger partial charge in [0.05, 0.1) is 0 Å². The molecule has 0 radical (unpaired) electrons. The highest BCUT2D eigenvalue weighted by Crippen LogP contribution is 2.29. The normalized spacial score (nSPS) is 13.6. The zero-order valence-corrected chi connectivity index (χ0v) is 13.6. The van der Waals surface area contributed by atoms with Crippen molar-refractivity contribution in [2.75, 3.05) is 0 Å². The van der Waals surface area contributed by atoms with Gasteiger partial charge in [-0.25, -0.2) is 4.98 Å². The third kappa shape index (κ3) is 3.18. The molecule has 1 aliphatic carbocycles. The summed E-state index contributed by atoms with van der Waals surface area (Å²) in [5, 5.41) is 0. The Labute approximate surface area is 136 Å². The van der Waals surface area contributed by atoms with Crippen molar-refractivity contribution < 1.29 is 9.53 Å².